The van der Waals surface area contributed by atoms with Crippen molar-refractivity contribution in [2.45, 2.75) is 46.1 Å². The molecular formula is C31H31N3O5S. The number of ketones is 1. The molecule has 206 valence electrons. The fourth-order valence-electron chi connectivity index (χ4n) is 4.92. The van der Waals surface area contributed by atoms with Gasteiger partial charge in [-0.3, -0.25) is 19.5 Å². The van der Waals surface area contributed by atoms with Crippen LogP contribution in [0.25, 0.3) is 16.0 Å². The van der Waals surface area contributed by atoms with E-state index >= 15 is 0 Å². The van der Waals surface area contributed by atoms with Crippen LogP contribution in [0, 0.1) is 6.92 Å². The second kappa shape index (κ2) is 10.4. The molecular weight excluding hydrogens is 526 g/mol. The minimum Gasteiger partial charge on any atom is -0.507 e. The number of aromatic nitrogens is 2. The van der Waals surface area contributed by atoms with Gasteiger partial charge in [0, 0.05) is 17.3 Å². The maximum absolute atomic E-state index is 13.6. The average Bonchev–Trinajstić information content (AvgIpc) is 3.45. The van der Waals surface area contributed by atoms with E-state index in [-0.39, 0.29) is 16.7 Å². The van der Waals surface area contributed by atoms with Crippen LogP contribution in [-0.2, 0) is 15.0 Å². The van der Waals surface area contributed by atoms with Crippen molar-refractivity contribution in [2.24, 2.45) is 0 Å². The molecule has 1 aliphatic heterocycles. The third-order valence-corrected chi connectivity index (χ3v) is 7.89. The second-order valence-corrected chi connectivity index (χ2v) is 11.6. The Morgan fingerprint density at radius 1 is 1.10 bits per heavy atom. The van der Waals surface area contributed by atoms with Crippen molar-refractivity contribution in [3.8, 4) is 11.5 Å². The number of Topliss-reactive ketones (excluding diaryl/α,β-unsaturated/α-hetero) is 1. The molecule has 1 saturated heterocycles. The number of rotatable bonds is 6. The first-order valence-corrected chi connectivity index (χ1v) is 13.8. The summed E-state index contributed by atoms with van der Waals surface area (Å²) < 4.78 is 12.1. The molecule has 4 aromatic rings. The van der Waals surface area contributed by atoms with Gasteiger partial charge in [0.25, 0.3) is 5.78 Å². The number of thiazole rings is 1. The van der Waals surface area contributed by atoms with E-state index < -0.39 is 17.7 Å². The number of aliphatic hydroxyl groups excluding tert-OH is 1. The molecule has 8 nitrogen and oxygen atoms in total. The zero-order chi connectivity index (χ0) is 28.8. The Morgan fingerprint density at radius 3 is 2.52 bits per heavy atom. The number of fused-ring (bicyclic) bond motifs is 1. The highest BCUT2D eigenvalue weighted by molar-refractivity contribution is 7.22. The first-order chi connectivity index (χ1) is 19.0. The van der Waals surface area contributed by atoms with Gasteiger partial charge >= 0.3 is 5.91 Å². The van der Waals surface area contributed by atoms with Crippen LogP contribution in [0.15, 0.2) is 60.3 Å². The fraction of sp³-hybridized carbons (Fsp3) is 0.290. The molecule has 1 N–H and O–H groups in total. The van der Waals surface area contributed by atoms with E-state index in [0.717, 1.165) is 15.8 Å². The van der Waals surface area contributed by atoms with Gasteiger partial charge in [0.1, 0.15) is 23.3 Å². The molecule has 0 spiro atoms. The SMILES string of the molecule is CCOc1ccc(/C(O)=C2\C(=O)C(=O)N(c3nc4cc(C)c(OC)cc4s3)C2c2ccccn2)cc1C(C)(C)C. The number of pyridine rings is 1. The third-order valence-electron chi connectivity index (χ3n) is 6.87. The predicted molar refractivity (Wildman–Crippen MR) is 156 cm³/mol. The van der Waals surface area contributed by atoms with Gasteiger partial charge in [-0.2, -0.15) is 0 Å². The van der Waals surface area contributed by atoms with Crippen LogP contribution in [0.1, 0.15) is 56.1 Å². The molecule has 40 heavy (non-hydrogen) atoms. The maximum atomic E-state index is 13.6. The van der Waals surface area contributed by atoms with Crippen LogP contribution >= 0.6 is 11.3 Å². The van der Waals surface area contributed by atoms with E-state index in [1.807, 2.05) is 52.8 Å². The highest BCUT2D eigenvalue weighted by Crippen LogP contribution is 2.45. The largest absolute Gasteiger partial charge is 0.507 e. The summed E-state index contributed by atoms with van der Waals surface area (Å²) in [5.74, 6) is -0.442. The molecule has 2 aromatic carbocycles. The van der Waals surface area contributed by atoms with E-state index in [4.69, 9.17) is 14.5 Å². The molecule has 1 amide bonds. The summed E-state index contributed by atoms with van der Waals surface area (Å²) in [4.78, 5) is 37.7. The molecule has 0 bridgehead atoms. The van der Waals surface area contributed by atoms with Crippen LogP contribution < -0.4 is 14.4 Å². The van der Waals surface area contributed by atoms with Gasteiger partial charge in [-0.15, -0.1) is 0 Å². The number of methoxy groups -OCH3 is 1. The van der Waals surface area contributed by atoms with Crippen LogP contribution in [0.5, 0.6) is 11.5 Å². The Labute approximate surface area is 236 Å². The van der Waals surface area contributed by atoms with Crippen LogP contribution in [0.3, 0.4) is 0 Å². The first kappa shape index (κ1) is 27.3. The molecule has 1 fully saturated rings. The van der Waals surface area contributed by atoms with Crippen molar-refractivity contribution in [3.63, 3.8) is 0 Å². The van der Waals surface area contributed by atoms with E-state index in [9.17, 15) is 14.7 Å². The number of nitrogens with zero attached hydrogens (tertiary/aromatic N) is 3. The third kappa shape index (κ3) is 4.70. The smallest absolute Gasteiger partial charge is 0.301 e. The quantitative estimate of drug-likeness (QED) is 0.168. The zero-order valence-corrected chi connectivity index (χ0v) is 24.1. The van der Waals surface area contributed by atoms with Gasteiger partial charge in [0.2, 0.25) is 0 Å². The number of carbonyl (C=O) groups excluding carboxylic acids is 2. The summed E-state index contributed by atoms with van der Waals surface area (Å²) in [7, 11) is 1.60. The highest BCUT2D eigenvalue weighted by Gasteiger charge is 2.49. The second-order valence-electron chi connectivity index (χ2n) is 10.6. The minimum atomic E-state index is -0.964. The number of hydrogen-bond acceptors (Lipinski definition) is 8. The van der Waals surface area contributed by atoms with Gasteiger partial charge in [-0.05, 0) is 67.3 Å². The van der Waals surface area contributed by atoms with Gasteiger partial charge in [-0.1, -0.05) is 38.2 Å². The molecule has 1 unspecified atom stereocenters. The number of ether oxygens (including phenoxy) is 2. The van der Waals surface area contributed by atoms with E-state index in [2.05, 4.69) is 4.98 Å². The average molecular weight is 558 g/mol. The molecule has 9 heteroatoms. The number of carbonyl (C=O) groups is 2. The number of anilines is 1. The Morgan fingerprint density at radius 2 is 1.88 bits per heavy atom. The lowest BCUT2D eigenvalue weighted by Gasteiger charge is -2.24. The van der Waals surface area contributed by atoms with Crippen molar-refractivity contribution in [2.75, 3.05) is 18.6 Å². The highest BCUT2D eigenvalue weighted by atomic mass is 32.1. The first-order valence-electron chi connectivity index (χ1n) is 13.0. The summed E-state index contributed by atoms with van der Waals surface area (Å²) in [5, 5.41) is 12.0. The Hall–Kier alpha value is -4.24. The standard InChI is InChI=1S/C31H31N3O5S/c1-7-39-22-12-11-18(15-19(22)31(3,4)5)27(35)25-26(20-10-8-9-13-32-20)34(29(37)28(25)36)30-33-21-14-17(2)23(38-6)16-24(21)40-30/h8-16,26,35H,7H2,1-6H3/b27-25+. The summed E-state index contributed by atoms with van der Waals surface area (Å²) in [6.07, 6.45) is 1.59. The Kier molecular flexibility index (Phi) is 7.10. The van der Waals surface area contributed by atoms with Crippen molar-refractivity contribution >= 4 is 44.1 Å². The number of aliphatic hydroxyl groups is 1. The van der Waals surface area contributed by atoms with Crippen molar-refractivity contribution in [3.05, 3.63) is 82.7 Å². The molecule has 0 aliphatic carbocycles. The van der Waals surface area contributed by atoms with E-state index in [1.54, 1.807) is 43.6 Å². The lowest BCUT2D eigenvalue weighted by molar-refractivity contribution is -0.132. The van der Waals surface area contributed by atoms with Crippen LogP contribution in [-0.4, -0.2) is 40.5 Å². The summed E-state index contributed by atoms with van der Waals surface area (Å²) in [6.45, 7) is 10.5. The van der Waals surface area contributed by atoms with E-state index in [0.29, 0.717) is 40.0 Å². The molecule has 1 atom stereocenters. The lowest BCUT2D eigenvalue weighted by atomic mass is 9.84. The van der Waals surface area contributed by atoms with Gasteiger partial charge < -0.3 is 14.6 Å². The van der Waals surface area contributed by atoms with Crippen molar-refractivity contribution < 1.29 is 24.2 Å². The summed E-state index contributed by atoms with van der Waals surface area (Å²) in [5.41, 5.74) is 2.98. The summed E-state index contributed by atoms with van der Waals surface area (Å²) >= 11 is 1.27. The molecule has 0 saturated carbocycles. The lowest BCUT2D eigenvalue weighted by Crippen LogP contribution is -2.29. The minimum absolute atomic E-state index is 0.0410. The molecule has 0 radical (unpaired) electrons. The van der Waals surface area contributed by atoms with Gasteiger partial charge in [-0.25, -0.2) is 4.98 Å². The number of benzene rings is 2. The Balaban J connectivity index is 1.71. The molecule has 3 heterocycles. The molecule has 2 aromatic heterocycles. The van der Waals surface area contributed by atoms with Crippen molar-refractivity contribution in [1.29, 1.82) is 0 Å². The normalized spacial score (nSPS) is 17.1. The van der Waals surface area contributed by atoms with Crippen molar-refractivity contribution in [1.82, 2.24) is 9.97 Å². The number of hydrogen-bond donors (Lipinski definition) is 1. The van der Waals surface area contributed by atoms with E-state index in [1.165, 1.54) is 16.2 Å². The predicted octanol–water partition coefficient (Wildman–Crippen LogP) is 6.33. The Bertz CT molecular complexity index is 1650. The maximum Gasteiger partial charge on any atom is 0.301 e. The molecule has 1 aliphatic rings. The van der Waals surface area contributed by atoms with Gasteiger partial charge in [0.15, 0.2) is 5.13 Å². The van der Waals surface area contributed by atoms with Crippen LogP contribution in [0.2, 0.25) is 0 Å². The molecule has 5 rings (SSSR count). The van der Waals surface area contributed by atoms with Gasteiger partial charge in [0.05, 0.1) is 35.2 Å². The zero-order valence-electron chi connectivity index (χ0n) is 23.3. The number of amides is 1. The number of aryl methyl sites for hydroxylation is 1. The fourth-order valence-corrected chi connectivity index (χ4v) is 5.92. The van der Waals surface area contributed by atoms with Crippen LogP contribution in [0.4, 0.5) is 5.13 Å². The monoisotopic (exact) mass is 557 g/mol. The summed E-state index contributed by atoms with van der Waals surface area (Å²) in [6, 6.07) is 13.4. The topological polar surface area (TPSA) is 102 Å².